The maximum atomic E-state index is 12.3. The number of hydrogen-bond donors (Lipinski definition) is 0. The van der Waals surface area contributed by atoms with Crippen LogP contribution < -0.4 is 4.90 Å². The van der Waals surface area contributed by atoms with Gasteiger partial charge in [-0.3, -0.25) is 9.69 Å². The van der Waals surface area contributed by atoms with Crippen molar-refractivity contribution >= 4 is 34.0 Å². The summed E-state index contributed by atoms with van der Waals surface area (Å²) >= 11 is 7.36. The Hall–Kier alpha value is -2.11. The first-order chi connectivity index (χ1) is 11.2. The lowest BCUT2D eigenvalue weighted by Crippen LogP contribution is -2.29. The van der Waals surface area contributed by atoms with E-state index in [9.17, 15) is 4.79 Å². The average molecular weight is 347 g/mol. The van der Waals surface area contributed by atoms with Gasteiger partial charge in [-0.15, -0.1) is 11.3 Å². The van der Waals surface area contributed by atoms with Crippen molar-refractivity contribution in [2.75, 3.05) is 4.90 Å². The second-order valence-corrected chi connectivity index (χ2v) is 6.21. The number of carbonyl (C=O) groups is 1. The number of amides is 1. The van der Waals surface area contributed by atoms with Gasteiger partial charge in [0.15, 0.2) is 5.13 Å². The van der Waals surface area contributed by atoms with Crippen LogP contribution in [-0.4, -0.2) is 10.9 Å². The number of hydrogen-bond acceptors (Lipinski definition) is 4. The molecular formula is C17H15ClN2O2S. The average Bonchev–Trinajstić information content (AvgIpc) is 3.24. The lowest BCUT2D eigenvalue weighted by molar-refractivity contribution is -0.118. The minimum absolute atomic E-state index is 0.0124. The van der Waals surface area contributed by atoms with Crippen molar-refractivity contribution in [1.82, 2.24) is 4.98 Å². The molecule has 0 aliphatic carbocycles. The fourth-order valence-electron chi connectivity index (χ4n) is 2.15. The molecule has 0 N–H and O–H groups in total. The Morgan fingerprint density at radius 2 is 2.09 bits per heavy atom. The van der Waals surface area contributed by atoms with Crippen molar-refractivity contribution in [2.24, 2.45) is 0 Å². The van der Waals surface area contributed by atoms with E-state index in [1.165, 1.54) is 11.3 Å². The van der Waals surface area contributed by atoms with Crippen LogP contribution in [0.5, 0.6) is 0 Å². The van der Waals surface area contributed by atoms with E-state index in [2.05, 4.69) is 4.98 Å². The van der Waals surface area contributed by atoms with Crippen molar-refractivity contribution in [1.29, 1.82) is 0 Å². The van der Waals surface area contributed by atoms with Gasteiger partial charge in [-0.1, -0.05) is 30.7 Å². The quantitative estimate of drug-likeness (QED) is 0.653. The zero-order chi connectivity index (χ0) is 16.2. The van der Waals surface area contributed by atoms with Crippen LogP contribution >= 0.6 is 22.9 Å². The van der Waals surface area contributed by atoms with E-state index in [4.69, 9.17) is 16.0 Å². The molecule has 0 radical (unpaired) electrons. The van der Waals surface area contributed by atoms with E-state index >= 15 is 0 Å². The van der Waals surface area contributed by atoms with E-state index in [0.717, 1.165) is 17.0 Å². The standard InChI is InChI=1S/C17H15ClN2O2S/c1-2-16(21)20(10-14-4-3-9-22-14)17-19-15(11-23-17)12-5-7-13(18)8-6-12/h3-9,11H,2,10H2,1H3. The summed E-state index contributed by atoms with van der Waals surface area (Å²) in [6.45, 7) is 2.22. The molecule has 0 atom stereocenters. The number of carbonyl (C=O) groups excluding carboxylic acids is 1. The predicted molar refractivity (Wildman–Crippen MR) is 92.7 cm³/mol. The molecule has 6 heteroatoms. The van der Waals surface area contributed by atoms with E-state index in [-0.39, 0.29) is 5.91 Å². The van der Waals surface area contributed by atoms with Gasteiger partial charge in [0.05, 0.1) is 18.5 Å². The highest BCUT2D eigenvalue weighted by Gasteiger charge is 2.19. The molecule has 3 aromatic rings. The predicted octanol–water partition coefficient (Wildman–Crippen LogP) is 5.00. The van der Waals surface area contributed by atoms with Crippen LogP contribution in [0.15, 0.2) is 52.5 Å². The van der Waals surface area contributed by atoms with Crippen LogP contribution in [0.3, 0.4) is 0 Å². The molecule has 0 fully saturated rings. The Balaban J connectivity index is 1.88. The monoisotopic (exact) mass is 346 g/mol. The second kappa shape index (κ2) is 6.98. The summed E-state index contributed by atoms with van der Waals surface area (Å²) in [5, 5.41) is 3.29. The maximum Gasteiger partial charge on any atom is 0.228 e. The number of nitrogens with zero attached hydrogens (tertiary/aromatic N) is 2. The highest BCUT2D eigenvalue weighted by molar-refractivity contribution is 7.14. The first-order valence-electron chi connectivity index (χ1n) is 7.21. The van der Waals surface area contributed by atoms with Crippen LogP contribution in [-0.2, 0) is 11.3 Å². The molecular weight excluding hydrogens is 332 g/mol. The number of benzene rings is 1. The molecule has 23 heavy (non-hydrogen) atoms. The molecule has 3 rings (SSSR count). The summed E-state index contributed by atoms with van der Waals surface area (Å²) < 4.78 is 5.35. The second-order valence-electron chi connectivity index (χ2n) is 4.94. The number of rotatable bonds is 5. The largest absolute Gasteiger partial charge is 0.467 e. The van der Waals surface area contributed by atoms with Gasteiger partial charge >= 0.3 is 0 Å². The van der Waals surface area contributed by atoms with E-state index in [0.29, 0.717) is 23.1 Å². The Morgan fingerprint density at radius 1 is 1.30 bits per heavy atom. The smallest absolute Gasteiger partial charge is 0.228 e. The molecule has 0 aliphatic rings. The van der Waals surface area contributed by atoms with Gasteiger partial charge in [0, 0.05) is 22.4 Å². The summed E-state index contributed by atoms with van der Waals surface area (Å²) in [5.41, 5.74) is 1.80. The fourth-order valence-corrected chi connectivity index (χ4v) is 3.13. The SMILES string of the molecule is CCC(=O)N(Cc1ccco1)c1nc(-c2ccc(Cl)cc2)cs1. The lowest BCUT2D eigenvalue weighted by Gasteiger charge is -2.17. The van der Waals surface area contributed by atoms with Gasteiger partial charge in [-0.05, 0) is 24.3 Å². The van der Waals surface area contributed by atoms with Gasteiger partial charge in [0.1, 0.15) is 5.76 Å². The molecule has 4 nitrogen and oxygen atoms in total. The number of halogens is 1. The van der Waals surface area contributed by atoms with Gasteiger partial charge in [-0.25, -0.2) is 4.98 Å². The van der Waals surface area contributed by atoms with Crippen molar-refractivity contribution < 1.29 is 9.21 Å². The Morgan fingerprint density at radius 3 is 2.74 bits per heavy atom. The number of furan rings is 1. The molecule has 2 aromatic heterocycles. The first-order valence-corrected chi connectivity index (χ1v) is 8.47. The van der Waals surface area contributed by atoms with Crippen molar-refractivity contribution in [3.05, 3.63) is 58.8 Å². The van der Waals surface area contributed by atoms with Gasteiger partial charge in [-0.2, -0.15) is 0 Å². The van der Waals surface area contributed by atoms with E-state index < -0.39 is 0 Å². The fraction of sp³-hybridized carbons (Fsp3) is 0.176. The normalized spacial score (nSPS) is 10.7. The highest BCUT2D eigenvalue weighted by Crippen LogP contribution is 2.29. The molecule has 1 aromatic carbocycles. The number of thiazole rings is 1. The van der Waals surface area contributed by atoms with Gasteiger partial charge in [0.25, 0.3) is 0 Å². The number of aromatic nitrogens is 1. The van der Waals surface area contributed by atoms with Crippen molar-refractivity contribution in [2.45, 2.75) is 19.9 Å². The first kappa shape index (κ1) is 15.8. The minimum atomic E-state index is 0.0124. The molecule has 0 saturated carbocycles. The zero-order valence-corrected chi connectivity index (χ0v) is 14.1. The molecule has 0 spiro atoms. The summed E-state index contributed by atoms with van der Waals surface area (Å²) in [6, 6.07) is 11.1. The molecule has 2 heterocycles. The number of anilines is 1. The van der Waals surface area contributed by atoms with Crippen molar-refractivity contribution in [3.8, 4) is 11.3 Å². The highest BCUT2D eigenvalue weighted by atomic mass is 35.5. The third-order valence-corrected chi connectivity index (χ3v) is 4.48. The third kappa shape index (κ3) is 3.63. The van der Waals surface area contributed by atoms with Crippen LogP contribution in [0.2, 0.25) is 5.02 Å². The van der Waals surface area contributed by atoms with E-state index in [1.54, 1.807) is 11.2 Å². The van der Waals surface area contributed by atoms with Crippen molar-refractivity contribution in [3.63, 3.8) is 0 Å². The molecule has 1 amide bonds. The molecule has 118 valence electrons. The Bertz CT molecular complexity index is 781. The van der Waals surface area contributed by atoms with Crippen LogP contribution in [0, 0.1) is 0 Å². The van der Waals surface area contributed by atoms with Crippen LogP contribution in [0.25, 0.3) is 11.3 Å². The zero-order valence-electron chi connectivity index (χ0n) is 12.5. The third-order valence-electron chi connectivity index (χ3n) is 3.36. The molecule has 0 aliphatic heterocycles. The van der Waals surface area contributed by atoms with Crippen LogP contribution in [0.1, 0.15) is 19.1 Å². The van der Waals surface area contributed by atoms with E-state index in [1.807, 2.05) is 48.7 Å². The molecule has 0 saturated heterocycles. The minimum Gasteiger partial charge on any atom is -0.467 e. The van der Waals surface area contributed by atoms with Gasteiger partial charge < -0.3 is 4.42 Å². The topological polar surface area (TPSA) is 46.3 Å². The molecule has 0 unspecified atom stereocenters. The van der Waals surface area contributed by atoms with Gasteiger partial charge in [0.2, 0.25) is 5.91 Å². The Labute approximate surface area is 143 Å². The summed E-state index contributed by atoms with van der Waals surface area (Å²) in [5.74, 6) is 0.744. The summed E-state index contributed by atoms with van der Waals surface area (Å²) in [7, 11) is 0. The van der Waals surface area contributed by atoms with Crippen LogP contribution in [0.4, 0.5) is 5.13 Å². The Kier molecular flexibility index (Phi) is 4.79. The lowest BCUT2D eigenvalue weighted by atomic mass is 10.2. The summed E-state index contributed by atoms with van der Waals surface area (Å²) in [4.78, 5) is 18.5. The molecule has 0 bridgehead atoms. The summed E-state index contributed by atoms with van der Waals surface area (Å²) in [6.07, 6.45) is 2.02. The maximum absolute atomic E-state index is 12.3.